The van der Waals surface area contributed by atoms with Crippen LogP contribution in [0.15, 0.2) is 36.5 Å². The smallest absolute Gasteiger partial charge is 0.319 e. The number of likely N-dealkylation sites (N-methyl/N-ethyl adjacent to an activating group) is 1. The van der Waals surface area contributed by atoms with E-state index in [-0.39, 0.29) is 11.8 Å². The zero-order valence-corrected chi connectivity index (χ0v) is 15.1. The highest BCUT2D eigenvalue weighted by Crippen LogP contribution is 2.16. The maximum Gasteiger partial charge on any atom is 0.319 e. The van der Waals surface area contributed by atoms with Crippen molar-refractivity contribution >= 4 is 17.5 Å². The Hall–Kier alpha value is -2.67. The van der Waals surface area contributed by atoms with Crippen LogP contribution in [0.5, 0.6) is 0 Å². The number of aryl methyl sites for hydroxylation is 1. The van der Waals surface area contributed by atoms with E-state index in [0.717, 1.165) is 37.6 Å². The first-order valence-electron chi connectivity index (χ1n) is 8.71. The van der Waals surface area contributed by atoms with Gasteiger partial charge in [-0.3, -0.25) is 0 Å². The highest BCUT2D eigenvalue weighted by molar-refractivity contribution is 5.89. The van der Waals surface area contributed by atoms with Crippen molar-refractivity contribution in [3.8, 4) is 0 Å². The number of nitrogens with one attached hydrogen (secondary N) is 2. The van der Waals surface area contributed by atoms with Crippen molar-refractivity contribution in [3.63, 3.8) is 0 Å². The fourth-order valence-corrected chi connectivity index (χ4v) is 2.86. The number of hydrogen-bond acceptors (Lipinski definition) is 4. The largest absolute Gasteiger partial charge is 0.354 e. The molecule has 6 nitrogen and oxygen atoms in total. The summed E-state index contributed by atoms with van der Waals surface area (Å²) >= 11 is 0. The normalized spacial score (nSPS) is 15.0. The SMILES string of the molecule is Cc1cc(F)ccc1NC(=O)NCc1ccc(N2CCN(C)CC2)nc1. The van der Waals surface area contributed by atoms with Gasteiger partial charge in [-0.2, -0.15) is 0 Å². The standard InChI is InChI=1S/C19H24FN5O/c1-14-11-16(20)4-5-17(14)23-19(26)22-13-15-3-6-18(21-12-15)25-9-7-24(2)8-10-25/h3-6,11-12H,7-10,13H2,1-2H3,(H2,22,23,26). The molecular weight excluding hydrogens is 333 g/mol. The molecule has 0 bridgehead atoms. The second kappa shape index (κ2) is 8.14. The third-order valence-corrected chi connectivity index (χ3v) is 4.53. The number of carbonyl (C=O) groups excluding carboxylic acids is 1. The molecule has 1 fully saturated rings. The number of pyridine rings is 1. The molecule has 0 atom stereocenters. The quantitative estimate of drug-likeness (QED) is 0.883. The second-order valence-corrected chi connectivity index (χ2v) is 6.58. The van der Waals surface area contributed by atoms with Gasteiger partial charge in [0, 0.05) is 44.6 Å². The summed E-state index contributed by atoms with van der Waals surface area (Å²) in [5.41, 5.74) is 2.19. The molecule has 1 aromatic heterocycles. The van der Waals surface area contributed by atoms with Crippen molar-refractivity contribution in [2.45, 2.75) is 13.5 Å². The van der Waals surface area contributed by atoms with Crippen LogP contribution in [0.3, 0.4) is 0 Å². The number of urea groups is 1. The summed E-state index contributed by atoms with van der Waals surface area (Å²) in [7, 11) is 2.12. The van der Waals surface area contributed by atoms with Crippen LogP contribution < -0.4 is 15.5 Å². The van der Waals surface area contributed by atoms with Gasteiger partial charge in [0.05, 0.1) is 0 Å². The molecule has 0 radical (unpaired) electrons. The van der Waals surface area contributed by atoms with Crippen molar-refractivity contribution in [1.29, 1.82) is 0 Å². The summed E-state index contributed by atoms with van der Waals surface area (Å²) < 4.78 is 13.1. The first kappa shape index (κ1) is 18.1. The number of benzene rings is 1. The van der Waals surface area contributed by atoms with Crippen molar-refractivity contribution < 1.29 is 9.18 Å². The fourth-order valence-electron chi connectivity index (χ4n) is 2.86. The molecular formula is C19H24FN5O. The average molecular weight is 357 g/mol. The number of anilines is 2. The third-order valence-electron chi connectivity index (χ3n) is 4.53. The molecule has 0 saturated carbocycles. The maximum absolute atomic E-state index is 13.1. The molecule has 2 amide bonds. The minimum atomic E-state index is -0.331. The van der Waals surface area contributed by atoms with Gasteiger partial charge in [0.25, 0.3) is 0 Å². The van der Waals surface area contributed by atoms with Crippen LogP contribution in [0, 0.1) is 12.7 Å². The van der Waals surface area contributed by atoms with E-state index in [1.807, 2.05) is 12.1 Å². The molecule has 26 heavy (non-hydrogen) atoms. The van der Waals surface area contributed by atoms with Crippen LogP contribution >= 0.6 is 0 Å². The summed E-state index contributed by atoms with van der Waals surface area (Å²) in [4.78, 5) is 21.1. The van der Waals surface area contributed by atoms with Gasteiger partial charge in [-0.15, -0.1) is 0 Å². The number of hydrogen-bond donors (Lipinski definition) is 2. The highest BCUT2D eigenvalue weighted by atomic mass is 19.1. The predicted octanol–water partition coefficient (Wildman–Crippen LogP) is 2.60. The van der Waals surface area contributed by atoms with Crippen molar-refractivity contribution in [1.82, 2.24) is 15.2 Å². The number of carbonyl (C=O) groups is 1. The van der Waals surface area contributed by atoms with Crippen LogP contribution in [0.2, 0.25) is 0 Å². The van der Waals surface area contributed by atoms with Crippen molar-refractivity contribution in [3.05, 3.63) is 53.5 Å². The van der Waals surface area contributed by atoms with E-state index in [1.165, 1.54) is 12.1 Å². The molecule has 0 spiro atoms. The summed E-state index contributed by atoms with van der Waals surface area (Å²) in [5, 5.41) is 5.51. The number of aromatic nitrogens is 1. The van der Waals surface area contributed by atoms with Gasteiger partial charge in [0.1, 0.15) is 11.6 Å². The Kier molecular flexibility index (Phi) is 5.68. The van der Waals surface area contributed by atoms with E-state index in [0.29, 0.717) is 17.8 Å². The maximum atomic E-state index is 13.1. The molecule has 1 aliphatic rings. The average Bonchev–Trinajstić information content (AvgIpc) is 2.63. The third kappa shape index (κ3) is 4.70. The second-order valence-electron chi connectivity index (χ2n) is 6.58. The Labute approximate surface area is 153 Å². The monoisotopic (exact) mass is 357 g/mol. The number of piperazine rings is 1. The van der Waals surface area contributed by atoms with Gasteiger partial charge < -0.3 is 20.4 Å². The van der Waals surface area contributed by atoms with Gasteiger partial charge in [-0.25, -0.2) is 14.2 Å². The number of amides is 2. The van der Waals surface area contributed by atoms with E-state index in [1.54, 1.807) is 19.2 Å². The van der Waals surface area contributed by atoms with Gasteiger partial charge >= 0.3 is 6.03 Å². The van der Waals surface area contributed by atoms with Crippen LogP contribution in [-0.4, -0.2) is 49.1 Å². The van der Waals surface area contributed by atoms with Crippen molar-refractivity contribution in [2.24, 2.45) is 0 Å². The Bertz CT molecular complexity index is 757. The summed E-state index contributed by atoms with van der Waals surface area (Å²) in [6.45, 7) is 6.14. The van der Waals surface area contributed by atoms with E-state index in [4.69, 9.17) is 0 Å². The van der Waals surface area contributed by atoms with E-state index >= 15 is 0 Å². The number of rotatable bonds is 4. The summed E-state index contributed by atoms with van der Waals surface area (Å²) in [6.07, 6.45) is 1.79. The molecule has 1 aliphatic heterocycles. The Morgan fingerprint density at radius 2 is 1.96 bits per heavy atom. The molecule has 2 aromatic rings. The zero-order chi connectivity index (χ0) is 18.5. The highest BCUT2D eigenvalue weighted by Gasteiger charge is 2.15. The van der Waals surface area contributed by atoms with Gasteiger partial charge in [-0.1, -0.05) is 6.07 Å². The Morgan fingerprint density at radius 3 is 2.62 bits per heavy atom. The summed E-state index contributed by atoms with van der Waals surface area (Å²) in [5.74, 6) is 0.646. The number of halogens is 1. The van der Waals surface area contributed by atoms with Gasteiger partial charge in [0.15, 0.2) is 0 Å². The topological polar surface area (TPSA) is 60.5 Å². The molecule has 138 valence electrons. The van der Waals surface area contributed by atoms with E-state index in [9.17, 15) is 9.18 Å². The Balaban J connectivity index is 1.50. The molecule has 3 rings (SSSR count). The number of nitrogens with zero attached hydrogens (tertiary/aromatic N) is 3. The van der Waals surface area contributed by atoms with Gasteiger partial charge in [0.2, 0.25) is 0 Å². The lowest BCUT2D eigenvalue weighted by Crippen LogP contribution is -2.44. The first-order chi connectivity index (χ1) is 12.5. The molecule has 1 saturated heterocycles. The summed E-state index contributed by atoms with van der Waals surface area (Å²) in [6, 6.07) is 7.90. The van der Waals surface area contributed by atoms with E-state index < -0.39 is 0 Å². The van der Waals surface area contributed by atoms with Crippen LogP contribution in [0.1, 0.15) is 11.1 Å². The lowest BCUT2D eigenvalue weighted by molar-refractivity contribution is 0.251. The molecule has 2 N–H and O–H groups in total. The lowest BCUT2D eigenvalue weighted by Gasteiger charge is -2.33. The van der Waals surface area contributed by atoms with Crippen LogP contribution in [0.25, 0.3) is 0 Å². The molecule has 1 aromatic carbocycles. The van der Waals surface area contributed by atoms with Gasteiger partial charge in [-0.05, 0) is 49.4 Å². The molecule has 0 aliphatic carbocycles. The molecule has 0 unspecified atom stereocenters. The minimum absolute atomic E-state index is 0.319. The fraction of sp³-hybridized carbons (Fsp3) is 0.368. The lowest BCUT2D eigenvalue weighted by atomic mass is 10.2. The first-order valence-corrected chi connectivity index (χ1v) is 8.71. The zero-order valence-electron chi connectivity index (χ0n) is 15.1. The predicted molar refractivity (Wildman–Crippen MR) is 101 cm³/mol. The Morgan fingerprint density at radius 1 is 1.19 bits per heavy atom. The molecule has 2 heterocycles. The molecule has 7 heteroatoms. The van der Waals surface area contributed by atoms with E-state index in [2.05, 4.69) is 32.5 Å². The minimum Gasteiger partial charge on any atom is -0.354 e. The van der Waals surface area contributed by atoms with Crippen LogP contribution in [-0.2, 0) is 6.54 Å². The van der Waals surface area contributed by atoms with Crippen LogP contribution in [0.4, 0.5) is 20.7 Å². The van der Waals surface area contributed by atoms with Crippen molar-refractivity contribution in [2.75, 3.05) is 43.4 Å².